The van der Waals surface area contributed by atoms with Gasteiger partial charge in [-0.1, -0.05) is 42.5 Å². The van der Waals surface area contributed by atoms with Gasteiger partial charge in [0.15, 0.2) is 0 Å². The van der Waals surface area contributed by atoms with Crippen LogP contribution in [-0.2, 0) is 0 Å². The Balaban J connectivity index is 1.94. The number of aromatic nitrogens is 3. The van der Waals surface area contributed by atoms with E-state index in [1.807, 2.05) is 48.5 Å². The van der Waals surface area contributed by atoms with E-state index < -0.39 is 0 Å². The smallest absolute Gasteiger partial charge is 0.221 e. The van der Waals surface area contributed by atoms with Crippen LogP contribution in [0.1, 0.15) is 0 Å². The van der Waals surface area contributed by atoms with Crippen LogP contribution in [0.2, 0.25) is 0 Å². The molecule has 0 amide bonds. The van der Waals surface area contributed by atoms with Gasteiger partial charge in [0, 0.05) is 16.0 Å². The van der Waals surface area contributed by atoms with Gasteiger partial charge in [0.1, 0.15) is 11.2 Å². The fourth-order valence-electron chi connectivity index (χ4n) is 2.77. The molecule has 0 bridgehead atoms. The van der Waals surface area contributed by atoms with Crippen LogP contribution in [0, 0.1) is 0 Å². The molecule has 4 rings (SSSR count). The molecule has 25 heavy (non-hydrogen) atoms. The molecule has 0 saturated heterocycles. The Morgan fingerprint density at radius 3 is 2.40 bits per heavy atom. The second-order valence-electron chi connectivity index (χ2n) is 5.59. The van der Waals surface area contributed by atoms with Crippen LogP contribution >= 0.6 is 11.8 Å². The van der Waals surface area contributed by atoms with E-state index in [9.17, 15) is 0 Å². The summed E-state index contributed by atoms with van der Waals surface area (Å²) in [5.41, 5.74) is 11.1. The van der Waals surface area contributed by atoms with E-state index in [2.05, 4.69) is 34.4 Å². The molecular weight excluding hydrogens is 328 g/mol. The van der Waals surface area contributed by atoms with Crippen LogP contribution in [0.5, 0.6) is 0 Å². The molecule has 2 aromatic heterocycles. The predicted molar refractivity (Wildman–Crippen MR) is 104 cm³/mol. The van der Waals surface area contributed by atoms with Crippen molar-refractivity contribution in [3.05, 3.63) is 66.7 Å². The van der Waals surface area contributed by atoms with Gasteiger partial charge in [-0.15, -0.1) is 11.8 Å². The van der Waals surface area contributed by atoms with Crippen molar-refractivity contribution >= 4 is 28.7 Å². The second-order valence-corrected chi connectivity index (χ2v) is 6.47. The third kappa shape index (κ3) is 3.06. The van der Waals surface area contributed by atoms with E-state index in [1.54, 1.807) is 11.8 Å². The lowest BCUT2D eigenvalue weighted by Gasteiger charge is -2.09. The summed E-state index contributed by atoms with van der Waals surface area (Å²) in [5.74, 6) is 0.255. The van der Waals surface area contributed by atoms with Crippen molar-refractivity contribution in [1.29, 1.82) is 0 Å². The fourth-order valence-corrected chi connectivity index (χ4v) is 3.23. The molecule has 4 nitrogen and oxygen atoms in total. The molecule has 2 heterocycles. The molecule has 0 aliphatic rings. The topological polar surface area (TPSA) is 64.7 Å². The Labute approximate surface area is 150 Å². The van der Waals surface area contributed by atoms with Crippen molar-refractivity contribution in [2.24, 2.45) is 0 Å². The van der Waals surface area contributed by atoms with E-state index in [-0.39, 0.29) is 5.95 Å². The van der Waals surface area contributed by atoms with Crippen LogP contribution in [-0.4, -0.2) is 21.2 Å². The highest BCUT2D eigenvalue weighted by atomic mass is 32.2. The summed E-state index contributed by atoms with van der Waals surface area (Å²) in [6, 6.07) is 22.2. The van der Waals surface area contributed by atoms with E-state index in [0.29, 0.717) is 0 Å². The van der Waals surface area contributed by atoms with Gasteiger partial charge < -0.3 is 5.73 Å². The van der Waals surface area contributed by atoms with Gasteiger partial charge in [0.2, 0.25) is 5.95 Å². The molecule has 122 valence electrons. The number of benzene rings is 2. The number of anilines is 1. The Kier molecular flexibility index (Phi) is 4.07. The standard InChI is InChI=1S/C20H16N4S/c1-25-15-9-5-8-14(12-15)16-10-11-17-19(22-16)18(24-20(21)23-17)13-6-3-2-4-7-13/h2-12H,1H3,(H2,21,23,24). The maximum Gasteiger partial charge on any atom is 0.221 e. The number of rotatable bonds is 3. The monoisotopic (exact) mass is 344 g/mol. The summed E-state index contributed by atoms with van der Waals surface area (Å²) in [4.78, 5) is 14.8. The van der Waals surface area contributed by atoms with Crippen molar-refractivity contribution in [1.82, 2.24) is 15.0 Å². The number of hydrogen-bond acceptors (Lipinski definition) is 5. The van der Waals surface area contributed by atoms with Gasteiger partial charge >= 0.3 is 0 Å². The Morgan fingerprint density at radius 1 is 0.800 bits per heavy atom. The van der Waals surface area contributed by atoms with E-state index >= 15 is 0 Å². The van der Waals surface area contributed by atoms with Crippen molar-refractivity contribution in [3.8, 4) is 22.5 Å². The van der Waals surface area contributed by atoms with Gasteiger partial charge in [-0.2, -0.15) is 0 Å². The van der Waals surface area contributed by atoms with E-state index in [1.165, 1.54) is 4.90 Å². The maximum atomic E-state index is 5.90. The summed E-state index contributed by atoms with van der Waals surface area (Å²) >= 11 is 1.71. The summed E-state index contributed by atoms with van der Waals surface area (Å²) in [6.07, 6.45) is 2.07. The Morgan fingerprint density at radius 2 is 1.60 bits per heavy atom. The lowest BCUT2D eigenvalue weighted by atomic mass is 10.1. The van der Waals surface area contributed by atoms with Crippen molar-refractivity contribution in [2.75, 3.05) is 12.0 Å². The van der Waals surface area contributed by atoms with Gasteiger partial charge in [-0.25, -0.2) is 15.0 Å². The molecule has 5 heteroatoms. The average Bonchev–Trinajstić information content (AvgIpc) is 2.67. The predicted octanol–water partition coefficient (Wildman–Crippen LogP) is 4.66. The number of hydrogen-bond donors (Lipinski definition) is 1. The number of pyridine rings is 1. The average molecular weight is 344 g/mol. The molecule has 2 aromatic carbocycles. The minimum absolute atomic E-state index is 0.255. The first kappa shape index (κ1) is 15.6. The zero-order valence-corrected chi connectivity index (χ0v) is 14.5. The summed E-state index contributed by atoms with van der Waals surface area (Å²) in [5, 5.41) is 0. The zero-order chi connectivity index (χ0) is 17.2. The fraction of sp³-hybridized carbons (Fsp3) is 0.0500. The van der Waals surface area contributed by atoms with E-state index in [4.69, 9.17) is 10.7 Å². The lowest BCUT2D eigenvalue weighted by Crippen LogP contribution is -2.00. The highest BCUT2D eigenvalue weighted by Gasteiger charge is 2.11. The van der Waals surface area contributed by atoms with Crippen LogP contribution < -0.4 is 5.73 Å². The first-order valence-corrected chi connectivity index (χ1v) is 9.11. The van der Waals surface area contributed by atoms with Crippen LogP contribution in [0.25, 0.3) is 33.5 Å². The van der Waals surface area contributed by atoms with E-state index in [0.717, 1.165) is 33.5 Å². The second kappa shape index (κ2) is 6.53. The van der Waals surface area contributed by atoms with Crippen molar-refractivity contribution < 1.29 is 0 Å². The van der Waals surface area contributed by atoms with Crippen molar-refractivity contribution in [2.45, 2.75) is 4.90 Å². The maximum absolute atomic E-state index is 5.90. The van der Waals surface area contributed by atoms with Gasteiger partial charge in [0.25, 0.3) is 0 Å². The third-order valence-corrected chi connectivity index (χ3v) is 4.70. The summed E-state index contributed by atoms with van der Waals surface area (Å²) in [6.45, 7) is 0. The molecule has 0 saturated carbocycles. The minimum Gasteiger partial charge on any atom is -0.368 e. The SMILES string of the molecule is CSc1cccc(-c2ccc3nc(N)nc(-c4ccccc4)c3n2)c1. The van der Waals surface area contributed by atoms with Crippen LogP contribution in [0.3, 0.4) is 0 Å². The normalized spacial score (nSPS) is 10.9. The van der Waals surface area contributed by atoms with Gasteiger partial charge in [-0.3, -0.25) is 0 Å². The molecule has 4 aromatic rings. The number of fused-ring (bicyclic) bond motifs is 1. The molecule has 0 radical (unpaired) electrons. The lowest BCUT2D eigenvalue weighted by molar-refractivity contribution is 1.21. The highest BCUT2D eigenvalue weighted by Crippen LogP contribution is 2.29. The Bertz CT molecular complexity index is 1050. The Hall–Kier alpha value is -2.92. The molecule has 0 spiro atoms. The zero-order valence-electron chi connectivity index (χ0n) is 13.7. The molecule has 0 unspecified atom stereocenters. The molecule has 0 aliphatic heterocycles. The summed E-state index contributed by atoms with van der Waals surface area (Å²) < 4.78 is 0. The molecule has 0 aliphatic carbocycles. The number of nitrogen functional groups attached to an aromatic ring is 1. The largest absolute Gasteiger partial charge is 0.368 e. The quantitative estimate of drug-likeness (QED) is 0.547. The van der Waals surface area contributed by atoms with Crippen LogP contribution in [0.15, 0.2) is 71.6 Å². The molecular formula is C20H16N4S. The first-order chi connectivity index (χ1) is 12.2. The first-order valence-electron chi connectivity index (χ1n) is 7.89. The number of nitrogens with zero attached hydrogens (tertiary/aromatic N) is 3. The summed E-state index contributed by atoms with van der Waals surface area (Å²) in [7, 11) is 0. The molecule has 2 N–H and O–H groups in total. The van der Waals surface area contributed by atoms with Gasteiger partial charge in [0.05, 0.1) is 11.2 Å². The molecule has 0 fully saturated rings. The highest BCUT2D eigenvalue weighted by molar-refractivity contribution is 7.98. The number of thioether (sulfide) groups is 1. The van der Waals surface area contributed by atoms with Gasteiger partial charge in [-0.05, 0) is 30.5 Å². The molecule has 0 atom stereocenters. The number of nitrogens with two attached hydrogens (primary N) is 1. The van der Waals surface area contributed by atoms with Crippen LogP contribution in [0.4, 0.5) is 5.95 Å². The van der Waals surface area contributed by atoms with Crippen molar-refractivity contribution in [3.63, 3.8) is 0 Å². The minimum atomic E-state index is 0.255. The third-order valence-electron chi connectivity index (χ3n) is 3.97.